The molecule has 0 fully saturated rings. The smallest absolute Gasteiger partial charge is 0.238 e. The predicted octanol–water partition coefficient (Wildman–Crippen LogP) is 3.44. The van der Waals surface area contributed by atoms with Crippen molar-refractivity contribution in [1.82, 2.24) is 5.32 Å². The Labute approximate surface area is 127 Å². The van der Waals surface area contributed by atoms with Gasteiger partial charge in [0.25, 0.3) is 0 Å². The largest absolute Gasteiger partial charge is 0.493 e. The summed E-state index contributed by atoms with van der Waals surface area (Å²) in [6.07, 6.45) is 0.972. The summed E-state index contributed by atoms with van der Waals surface area (Å²) >= 11 is 9.31. The predicted molar refractivity (Wildman–Crippen MR) is 82.1 cm³/mol. The van der Waals surface area contributed by atoms with Gasteiger partial charge >= 0.3 is 0 Å². The number of nitrogens with one attached hydrogen (secondary N) is 2. The lowest BCUT2D eigenvalue weighted by molar-refractivity contribution is -0.115. The molecular formula is C13H18BrClN2O2. The zero-order valence-electron chi connectivity index (χ0n) is 11.2. The van der Waals surface area contributed by atoms with Crippen molar-refractivity contribution in [1.29, 1.82) is 0 Å². The summed E-state index contributed by atoms with van der Waals surface area (Å²) in [6.45, 7) is 4.35. The van der Waals surface area contributed by atoms with Crippen molar-refractivity contribution < 1.29 is 9.53 Å². The van der Waals surface area contributed by atoms with Gasteiger partial charge in [-0.2, -0.15) is 0 Å². The molecule has 0 saturated heterocycles. The van der Waals surface area contributed by atoms with E-state index in [0.29, 0.717) is 27.0 Å². The van der Waals surface area contributed by atoms with Crippen molar-refractivity contribution >= 4 is 39.1 Å². The molecule has 1 amide bonds. The van der Waals surface area contributed by atoms with Crippen LogP contribution in [0.15, 0.2) is 16.6 Å². The van der Waals surface area contributed by atoms with Gasteiger partial charge in [0.05, 0.1) is 23.8 Å². The minimum atomic E-state index is -0.132. The maximum absolute atomic E-state index is 11.8. The molecule has 106 valence electrons. The molecule has 1 aromatic carbocycles. The highest BCUT2D eigenvalue weighted by atomic mass is 79.9. The quantitative estimate of drug-likeness (QED) is 0.827. The molecule has 0 bridgehead atoms. The van der Waals surface area contributed by atoms with Crippen molar-refractivity contribution in [2.75, 3.05) is 19.0 Å². The van der Waals surface area contributed by atoms with Gasteiger partial charge in [-0.25, -0.2) is 0 Å². The van der Waals surface area contributed by atoms with E-state index in [-0.39, 0.29) is 12.5 Å². The highest BCUT2D eigenvalue weighted by Crippen LogP contribution is 2.36. The number of hydrogen-bond acceptors (Lipinski definition) is 3. The Balaban J connectivity index is 2.73. The SMILES string of the molecule is CCC(C)NCC(=O)Nc1cc(Cl)cc(Br)c1OC. The van der Waals surface area contributed by atoms with Crippen LogP contribution in [-0.4, -0.2) is 25.6 Å². The number of hydrogen-bond donors (Lipinski definition) is 2. The Kier molecular flexibility index (Phi) is 6.62. The minimum absolute atomic E-state index is 0.132. The van der Waals surface area contributed by atoms with Gasteiger partial charge in [0.2, 0.25) is 5.91 Å². The van der Waals surface area contributed by atoms with E-state index in [0.717, 1.165) is 6.42 Å². The minimum Gasteiger partial charge on any atom is -0.493 e. The molecule has 1 atom stereocenters. The number of benzene rings is 1. The Bertz CT molecular complexity index is 455. The van der Waals surface area contributed by atoms with E-state index in [2.05, 4.69) is 33.5 Å². The zero-order chi connectivity index (χ0) is 14.4. The lowest BCUT2D eigenvalue weighted by atomic mass is 10.2. The second kappa shape index (κ2) is 7.72. The molecule has 0 aliphatic heterocycles. The standard InChI is InChI=1S/C13H18BrClN2O2/c1-4-8(2)16-7-12(18)17-11-6-9(15)5-10(14)13(11)19-3/h5-6,8,16H,4,7H2,1-3H3,(H,17,18). The molecule has 4 nitrogen and oxygen atoms in total. The Hall–Kier alpha value is -0.780. The maximum Gasteiger partial charge on any atom is 0.238 e. The second-order valence-electron chi connectivity index (χ2n) is 4.21. The van der Waals surface area contributed by atoms with Gasteiger partial charge in [-0.05, 0) is 41.4 Å². The van der Waals surface area contributed by atoms with Gasteiger partial charge in [0, 0.05) is 11.1 Å². The van der Waals surface area contributed by atoms with Crippen LogP contribution < -0.4 is 15.4 Å². The summed E-state index contributed by atoms with van der Waals surface area (Å²) in [6, 6.07) is 3.68. The van der Waals surface area contributed by atoms with Crippen LogP contribution in [0.3, 0.4) is 0 Å². The molecule has 6 heteroatoms. The van der Waals surface area contributed by atoms with Crippen LogP contribution in [0.2, 0.25) is 5.02 Å². The number of carbonyl (C=O) groups excluding carboxylic acids is 1. The average Bonchev–Trinajstić information content (AvgIpc) is 2.35. The van der Waals surface area contributed by atoms with Crippen LogP contribution >= 0.6 is 27.5 Å². The third-order valence-electron chi connectivity index (χ3n) is 2.71. The van der Waals surface area contributed by atoms with Crippen LogP contribution in [0.5, 0.6) is 5.75 Å². The maximum atomic E-state index is 11.8. The van der Waals surface area contributed by atoms with Crippen molar-refractivity contribution in [3.05, 3.63) is 21.6 Å². The third-order valence-corrected chi connectivity index (χ3v) is 3.52. The van der Waals surface area contributed by atoms with Crippen molar-refractivity contribution in [3.63, 3.8) is 0 Å². The Morgan fingerprint density at radius 1 is 1.53 bits per heavy atom. The number of amides is 1. The highest BCUT2D eigenvalue weighted by molar-refractivity contribution is 9.10. The molecule has 1 aromatic rings. The van der Waals surface area contributed by atoms with Crippen molar-refractivity contribution in [2.45, 2.75) is 26.3 Å². The van der Waals surface area contributed by atoms with Crippen LogP contribution in [0.1, 0.15) is 20.3 Å². The molecule has 0 aliphatic rings. The number of halogens is 2. The van der Waals surface area contributed by atoms with Crippen molar-refractivity contribution in [3.8, 4) is 5.75 Å². The van der Waals surface area contributed by atoms with Gasteiger partial charge in [-0.1, -0.05) is 18.5 Å². The number of ether oxygens (including phenoxy) is 1. The topological polar surface area (TPSA) is 50.4 Å². The van der Waals surface area contributed by atoms with E-state index in [1.807, 2.05) is 6.92 Å². The fraction of sp³-hybridized carbons (Fsp3) is 0.462. The molecule has 0 aromatic heterocycles. The first-order valence-electron chi connectivity index (χ1n) is 6.04. The summed E-state index contributed by atoms with van der Waals surface area (Å²) in [7, 11) is 1.54. The molecule has 1 unspecified atom stereocenters. The van der Waals surface area contributed by atoms with Gasteiger partial charge in [0.1, 0.15) is 0 Å². The molecule has 19 heavy (non-hydrogen) atoms. The second-order valence-corrected chi connectivity index (χ2v) is 5.50. The third kappa shape index (κ3) is 5.01. The summed E-state index contributed by atoms with van der Waals surface area (Å²) in [5.41, 5.74) is 0.554. The number of carbonyl (C=O) groups is 1. The monoisotopic (exact) mass is 348 g/mol. The van der Waals surface area contributed by atoms with Crippen molar-refractivity contribution in [2.24, 2.45) is 0 Å². The van der Waals surface area contributed by atoms with E-state index in [1.54, 1.807) is 19.2 Å². The normalized spacial score (nSPS) is 12.1. The Morgan fingerprint density at radius 2 is 2.21 bits per heavy atom. The lowest BCUT2D eigenvalue weighted by Crippen LogP contribution is -2.34. The molecule has 1 rings (SSSR count). The van der Waals surface area contributed by atoms with Crippen LogP contribution in [0.4, 0.5) is 5.69 Å². The average molecular weight is 350 g/mol. The first-order chi connectivity index (χ1) is 8.97. The zero-order valence-corrected chi connectivity index (χ0v) is 13.6. The molecular weight excluding hydrogens is 332 g/mol. The fourth-order valence-corrected chi connectivity index (χ4v) is 2.44. The number of anilines is 1. The van der Waals surface area contributed by atoms with Crippen LogP contribution in [0.25, 0.3) is 0 Å². The molecule has 0 saturated carbocycles. The summed E-state index contributed by atoms with van der Waals surface area (Å²) in [5.74, 6) is 0.425. The van der Waals surface area contributed by atoms with Gasteiger partial charge in [-0.15, -0.1) is 0 Å². The van der Waals surface area contributed by atoms with Crippen LogP contribution in [-0.2, 0) is 4.79 Å². The van der Waals surface area contributed by atoms with Crippen LogP contribution in [0, 0.1) is 0 Å². The molecule has 2 N–H and O–H groups in total. The molecule has 0 heterocycles. The van der Waals surface area contributed by atoms with E-state index in [4.69, 9.17) is 16.3 Å². The summed E-state index contributed by atoms with van der Waals surface area (Å²) < 4.78 is 5.94. The Morgan fingerprint density at radius 3 is 2.79 bits per heavy atom. The van der Waals surface area contributed by atoms with E-state index in [9.17, 15) is 4.79 Å². The van der Waals surface area contributed by atoms with Gasteiger partial charge in [-0.3, -0.25) is 4.79 Å². The fourth-order valence-electron chi connectivity index (χ4n) is 1.47. The highest BCUT2D eigenvalue weighted by Gasteiger charge is 2.12. The first-order valence-corrected chi connectivity index (χ1v) is 7.21. The molecule has 0 radical (unpaired) electrons. The molecule has 0 aliphatic carbocycles. The molecule has 0 spiro atoms. The summed E-state index contributed by atoms with van der Waals surface area (Å²) in [4.78, 5) is 11.8. The van der Waals surface area contributed by atoms with E-state index < -0.39 is 0 Å². The van der Waals surface area contributed by atoms with E-state index >= 15 is 0 Å². The van der Waals surface area contributed by atoms with Gasteiger partial charge in [0.15, 0.2) is 5.75 Å². The first kappa shape index (κ1) is 16.3. The van der Waals surface area contributed by atoms with E-state index in [1.165, 1.54) is 0 Å². The van der Waals surface area contributed by atoms with Gasteiger partial charge < -0.3 is 15.4 Å². The number of rotatable bonds is 6. The number of methoxy groups -OCH3 is 1. The lowest BCUT2D eigenvalue weighted by Gasteiger charge is -2.14. The summed E-state index contributed by atoms with van der Waals surface area (Å²) in [5, 5.41) is 6.43.